The Morgan fingerprint density at radius 2 is 1.60 bits per heavy atom. The molecule has 4 rings (SSSR count). The summed E-state index contributed by atoms with van der Waals surface area (Å²) in [6, 6.07) is 13.2. The number of aryl methyl sites for hydroxylation is 1. The number of nitrogens with zero attached hydrogens (tertiary/aromatic N) is 3. The minimum atomic E-state index is -1.18. The number of hydrogen-bond donors (Lipinski definition) is 2. The Hall–Kier alpha value is -4.09. The lowest BCUT2D eigenvalue weighted by molar-refractivity contribution is -0.139. The molecule has 2 aromatic carbocycles. The van der Waals surface area contributed by atoms with Gasteiger partial charge in [0.2, 0.25) is 11.8 Å². The molecule has 0 bridgehead atoms. The number of hydrogen-bond acceptors (Lipinski definition) is 6. The van der Waals surface area contributed by atoms with Crippen molar-refractivity contribution in [2.75, 3.05) is 32.7 Å². The second kappa shape index (κ2) is 14.9. The number of aliphatic hydroxyl groups excluding tert-OH is 1. The lowest BCUT2D eigenvalue weighted by Crippen LogP contribution is -2.50. The summed E-state index contributed by atoms with van der Waals surface area (Å²) in [7, 11) is 0. The maximum absolute atomic E-state index is 13.6. The summed E-state index contributed by atoms with van der Waals surface area (Å²) in [5, 5.41) is 10.9. The molecule has 9 nitrogen and oxygen atoms in total. The molecule has 1 saturated heterocycles. The van der Waals surface area contributed by atoms with E-state index in [1.807, 2.05) is 31.2 Å². The third-order valence-electron chi connectivity index (χ3n) is 7.63. The van der Waals surface area contributed by atoms with Gasteiger partial charge in [0, 0.05) is 64.2 Å². The number of benzene rings is 2. The van der Waals surface area contributed by atoms with Crippen molar-refractivity contribution in [1.82, 2.24) is 14.7 Å². The highest BCUT2D eigenvalue weighted by Crippen LogP contribution is 2.16. The molecular weight excluding hydrogens is 558 g/mol. The Balaban J connectivity index is 1.35. The van der Waals surface area contributed by atoms with Gasteiger partial charge in [-0.3, -0.25) is 14.4 Å². The van der Waals surface area contributed by atoms with Crippen LogP contribution in [0.4, 0.5) is 8.78 Å². The maximum atomic E-state index is 13.6. The highest BCUT2D eigenvalue weighted by molar-refractivity contribution is 5.91. The van der Waals surface area contributed by atoms with Crippen LogP contribution in [-0.4, -0.2) is 82.4 Å². The van der Waals surface area contributed by atoms with Gasteiger partial charge in [-0.1, -0.05) is 31.2 Å². The molecule has 0 radical (unpaired) electrons. The smallest absolute Gasteiger partial charge is 0.289 e. The number of furan rings is 1. The van der Waals surface area contributed by atoms with Crippen LogP contribution in [0, 0.1) is 11.6 Å². The quantitative estimate of drug-likeness (QED) is 0.332. The van der Waals surface area contributed by atoms with Crippen molar-refractivity contribution in [1.29, 1.82) is 0 Å². The first kappa shape index (κ1) is 31.8. The molecule has 11 heteroatoms. The van der Waals surface area contributed by atoms with Gasteiger partial charge >= 0.3 is 0 Å². The summed E-state index contributed by atoms with van der Waals surface area (Å²) in [4.78, 5) is 43.6. The SMILES string of the molecule is CCc1cccc(CN(C[C@@H](O)[C@@H](N)Cc2cc(F)cc(F)c2)C(=O)CCC(=O)N2CCN(C(=O)c3ccco3)CC2)c1. The van der Waals surface area contributed by atoms with Gasteiger partial charge in [0.25, 0.3) is 5.91 Å². The van der Waals surface area contributed by atoms with E-state index in [0.717, 1.165) is 35.7 Å². The summed E-state index contributed by atoms with van der Waals surface area (Å²) in [5.41, 5.74) is 8.45. The van der Waals surface area contributed by atoms with Gasteiger partial charge in [-0.2, -0.15) is 0 Å². The van der Waals surface area contributed by atoms with Crippen LogP contribution >= 0.6 is 0 Å². The molecule has 230 valence electrons. The van der Waals surface area contributed by atoms with E-state index < -0.39 is 23.8 Å². The summed E-state index contributed by atoms with van der Waals surface area (Å²) >= 11 is 0. The number of carbonyl (C=O) groups excluding carboxylic acids is 3. The number of nitrogens with two attached hydrogens (primary N) is 1. The fourth-order valence-electron chi connectivity index (χ4n) is 5.17. The van der Waals surface area contributed by atoms with Crippen LogP contribution < -0.4 is 5.73 Å². The molecular formula is C32H38F2N4O5. The highest BCUT2D eigenvalue weighted by Gasteiger charge is 2.28. The Morgan fingerprint density at radius 1 is 0.930 bits per heavy atom. The van der Waals surface area contributed by atoms with Crippen molar-refractivity contribution in [2.24, 2.45) is 5.73 Å². The summed E-state index contributed by atoms with van der Waals surface area (Å²) in [5.74, 6) is -1.98. The summed E-state index contributed by atoms with van der Waals surface area (Å²) < 4.78 is 32.5. The summed E-state index contributed by atoms with van der Waals surface area (Å²) in [6.07, 6.45) is 0.979. The van der Waals surface area contributed by atoms with Gasteiger partial charge in [0.1, 0.15) is 11.6 Å². The first-order valence-corrected chi connectivity index (χ1v) is 14.5. The van der Waals surface area contributed by atoms with Crippen molar-refractivity contribution in [3.8, 4) is 0 Å². The molecule has 43 heavy (non-hydrogen) atoms. The molecule has 3 N–H and O–H groups in total. The van der Waals surface area contributed by atoms with Crippen LogP contribution in [0.5, 0.6) is 0 Å². The fourth-order valence-corrected chi connectivity index (χ4v) is 5.17. The maximum Gasteiger partial charge on any atom is 0.289 e. The number of carbonyl (C=O) groups is 3. The molecule has 0 spiro atoms. The average Bonchev–Trinajstić information content (AvgIpc) is 3.54. The van der Waals surface area contributed by atoms with E-state index in [4.69, 9.17) is 10.2 Å². The van der Waals surface area contributed by atoms with E-state index >= 15 is 0 Å². The van der Waals surface area contributed by atoms with Crippen molar-refractivity contribution in [2.45, 2.75) is 51.3 Å². The standard InChI is InChI=1S/C32H38F2N4O5/c1-2-22-5-3-6-23(15-22)20-38(21-28(39)27(35)18-24-16-25(33)19-26(34)17-24)31(41)9-8-30(40)36-10-12-37(13-11-36)32(42)29-7-4-14-43-29/h3-7,14-17,19,27-28,39H,2,8-13,18,20-21,35H2,1H3/t27-,28+/m0/s1. The zero-order valence-corrected chi connectivity index (χ0v) is 24.3. The largest absolute Gasteiger partial charge is 0.459 e. The minimum Gasteiger partial charge on any atom is -0.459 e. The van der Waals surface area contributed by atoms with Crippen LogP contribution in [0.15, 0.2) is 65.3 Å². The predicted molar refractivity (Wildman–Crippen MR) is 156 cm³/mol. The van der Waals surface area contributed by atoms with Crippen LogP contribution in [0.2, 0.25) is 0 Å². The second-order valence-corrected chi connectivity index (χ2v) is 10.8. The summed E-state index contributed by atoms with van der Waals surface area (Å²) in [6.45, 7) is 3.53. The van der Waals surface area contributed by atoms with Crippen LogP contribution in [0.3, 0.4) is 0 Å². The van der Waals surface area contributed by atoms with Crippen LogP contribution in [0.1, 0.15) is 47.0 Å². The van der Waals surface area contributed by atoms with E-state index in [-0.39, 0.29) is 55.8 Å². The van der Waals surface area contributed by atoms with Gasteiger partial charge in [0.05, 0.1) is 12.4 Å². The van der Waals surface area contributed by atoms with Gasteiger partial charge in [-0.15, -0.1) is 0 Å². The van der Waals surface area contributed by atoms with E-state index in [1.54, 1.807) is 21.9 Å². The second-order valence-electron chi connectivity index (χ2n) is 10.8. The number of halogens is 2. The first-order chi connectivity index (χ1) is 20.6. The third kappa shape index (κ3) is 8.95. The predicted octanol–water partition coefficient (Wildman–Crippen LogP) is 3.14. The molecule has 0 unspecified atom stereocenters. The third-order valence-corrected chi connectivity index (χ3v) is 7.63. The average molecular weight is 597 g/mol. The van der Waals surface area contributed by atoms with Gasteiger partial charge < -0.3 is 30.0 Å². The lowest BCUT2D eigenvalue weighted by Gasteiger charge is -2.34. The Labute approximate surface area is 249 Å². The monoisotopic (exact) mass is 596 g/mol. The van der Waals surface area contributed by atoms with E-state index in [9.17, 15) is 28.3 Å². The fraction of sp³-hybridized carbons (Fsp3) is 0.406. The highest BCUT2D eigenvalue weighted by atomic mass is 19.1. The molecule has 2 heterocycles. The molecule has 1 aliphatic rings. The van der Waals surface area contributed by atoms with Crippen LogP contribution in [0.25, 0.3) is 0 Å². The molecule has 0 aliphatic carbocycles. The van der Waals surface area contributed by atoms with Gasteiger partial charge in [0.15, 0.2) is 5.76 Å². The molecule has 1 aliphatic heterocycles. The Bertz CT molecular complexity index is 1370. The molecule has 0 saturated carbocycles. The molecule has 2 atom stereocenters. The van der Waals surface area contributed by atoms with Crippen molar-refractivity contribution < 1.29 is 32.7 Å². The topological polar surface area (TPSA) is 120 Å². The number of piperazine rings is 1. The van der Waals surface area contributed by atoms with E-state index in [2.05, 4.69) is 0 Å². The number of amides is 3. The molecule has 1 aromatic heterocycles. The Kier molecular flexibility index (Phi) is 11.0. The zero-order valence-electron chi connectivity index (χ0n) is 24.3. The Morgan fingerprint density at radius 3 is 2.26 bits per heavy atom. The molecule has 3 amide bonds. The number of rotatable bonds is 12. The van der Waals surface area contributed by atoms with Crippen molar-refractivity contribution in [3.05, 3.63) is 94.9 Å². The number of aliphatic hydroxyl groups is 1. The normalized spacial score (nSPS) is 14.8. The van der Waals surface area contributed by atoms with E-state index in [1.165, 1.54) is 11.2 Å². The molecule has 1 fully saturated rings. The minimum absolute atomic E-state index is 0.0100. The zero-order chi connectivity index (χ0) is 30.9. The van der Waals surface area contributed by atoms with Gasteiger partial charge in [-0.05, 0) is 53.8 Å². The van der Waals surface area contributed by atoms with Crippen molar-refractivity contribution in [3.63, 3.8) is 0 Å². The van der Waals surface area contributed by atoms with E-state index in [0.29, 0.717) is 31.7 Å². The van der Waals surface area contributed by atoms with Crippen molar-refractivity contribution >= 4 is 17.7 Å². The lowest BCUT2D eigenvalue weighted by atomic mass is 10.0. The van der Waals surface area contributed by atoms with Gasteiger partial charge in [-0.25, -0.2) is 8.78 Å². The molecule has 3 aromatic rings. The van der Waals surface area contributed by atoms with Crippen LogP contribution in [-0.2, 0) is 29.0 Å². The first-order valence-electron chi connectivity index (χ1n) is 14.5.